The number of piperazine rings is 1. The minimum absolute atomic E-state index is 0.163. The number of nitrogens with zero attached hydrogens (tertiary/aromatic N) is 4. The first kappa shape index (κ1) is 26.0. The lowest BCUT2D eigenvalue weighted by Gasteiger charge is -2.30. The average Bonchev–Trinajstić information content (AvgIpc) is 2.89. The van der Waals surface area contributed by atoms with Crippen molar-refractivity contribution < 1.29 is 10.2 Å². The molecule has 38 heavy (non-hydrogen) atoms. The fourth-order valence-electron chi connectivity index (χ4n) is 4.42. The molecule has 5 rings (SSSR count). The average molecular weight is 551 g/mol. The summed E-state index contributed by atoms with van der Waals surface area (Å²) in [6.45, 7) is 5.86. The molecule has 3 heterocycles. The van der Waals surface area contributed by atoms with E-state index in [1.807, 2.05) is 12.1 Å². The Morgan fingerprint density at radius 3 is 2.55 bits per heavy atom. The molecule has 2 aromatic heterocycles. The van der Waals surface area contributed by atoms with Gasteiger partial charge < -0.3 is 25.7 Å². The van der Waals surface area contributed by atoms with Crippen LogP contribution in [-0.2, 0) is 0 Å². The molecular weight excluding hydrogens is 527 g/mol. The number of nitrogens with one attached hydrogen (secondary N) is 2. The molecule has 0 amide bonds. The van der Waals surface area contributed by atoms with Crippen molar-refractivity contribution in [2.75, 3.05) is 36.4 Å². The van der Waals surface area contributed by atoms with Gasteiger partial charge in [0, 0.05) is 49.9 Å². The van der Waals surface area contributed by atoms with E-state index in [9.17, 15) is 15.0 Å². The standard InChI is InChI=1S/C27H24Cl2N6O3/c1-16-13-18(6-7-22(16)34-11-9-30-10-12-34)32-27-31-14-19-24(33-27)17(5-8-23(36)37)15-35(26(19)38)25-20(28)3-2-4-21(25)29/h2-4,6-7,13-15,23,30,36-37H,9-12H2,1H3,(H,31,32,33). The molecule has 4 N–H and O–H groups in total. The molecule has 1 fully saturated rings. The Morgan fingerprint density at radius 2 is 1.87 bits per heavy atom. The number of para-hydroxylation sites is 1. The van der Waals surface area contributed by atoms with Crippen LogP contribution in [0, 0.1) is 18.8 Å². The number of aliphatic hydroxyl groups is 2. The number of fused-ring (bicyclic) bond motifs is 1. The molecule has 194 valence electrons. The zero-order chi connectivity index (χ0) is 26.8. The molecule has 1 saturated heterocycles. The van der Waals surface area contributed by atoms with E-state index in [0.717, 1.165) is 37.4 Å². The van der Waals surface area contributed by atoms with Crippen molar-refractivity contribution >= 4 is 51.4 Å². The van der Waals surface area contributed by atoms with Crippen molar-refractivity contribution in [3.05, 3.63) is 80.3 Å². The van der Waals surface area contributed by atoms with Gasteiger partial charge in [0.05, 0.1) is 32.2 Å². The molecule has 0 atom stereocenters. The van der Waals surface area contributed by atoms with Gasteiger partial charge in [-0.15, -0.1) is 0 Å². The maximum absolute atomic E-state index is 13.4. The highest BCUT2D eigenvalue weighted by Crippen LogP contribution is 2.29. The number of rotatable bonds is 4. The molecular formula is C27H24Cl2N6O3. The van der Waals surface area contributed by atoms with E-state index in [1.54, 1.807) is 18.2 Å². The Hall–Kier alpha value is -3.65. The van der Waals surface area contributed by atoms with Gasteiger partial charge in [0.15, 0.2) is 0 Å². The number of hydrogen-bond acceptors (Lipinski definition) is 8. The zero-order valence-corrected chi connectivity index (χ0v) is 21.9. The summed E-state index contributed by atoms with van der Waals surface area (Å²) in [7, 11) is 0. The third-order valence-electron chi connectivity index (χ3n) is 6.18. The van der Waals surface area contributed by atoms with Crippen LogP contribution in [0.25, 0.3) is 16.6 Å². The maximum atomic E-state index is 13.4. The molecule has 1 aliphatic rings. The van der Waals surface area contributed by atoms with Crippen LogP contribution in [0.1, 0.15) is 11.1 Å². The zero-order valence-electron chi connectivity index (χ0n) is 20.4. The second kappa shape index (κ2) is 11.0. The highest BCUT2D eigenvalue weighted by molar-refractivity contribution is 6.37. The molecule has 11 heteroatoms. The molecule has 2 aromatic carbocycles. The number of hydrogen-bond donors (Lipinski definition) is 4. The van der Waals surface area contributed by atoms with Gasteiger partial charge in [0.25, 0.3) is 5.56 Å². The number of aliphatic hydroxyl groups excluding tert-OH is 1. The number of pyridine rings is 1. The number of benzene rings is 2. The van der Waals surface area contributed by atoms with Crippen molar-refractivity contribution in [1.29, 1.82) is 0 Å². The maximum Gasteiger partial charge on any atom is 0.266 e. The summed E-state index contributed by atoms with van der Waals surface area (Å²) in [6, 6.07) is 10.9. The second-order valence-electron chi connectivity index (χ2n) is 8.75. The molecule has 4 aromatic rings. The Bertz CT molecular complexity index is 1620. The van der Waals surface area contributed by atoms with Crippen molar-refractivity contribution in [3.63, 3.8) is 0 Å². The quantitative estimate of drug-likeness (QED) is 0.226. The van der Waals surface area contributed by atoms with E-state index in [1.165, 1.54) is 22.6 Å². The van der Waals surface area contributed by atoms with Crippen LogP contribution in [0.5, 0.6) is 0 Å². The summed E-state index contributed by atoms with van der Waals surface area (Å²) in [5.74, 6) is 5.22. The predicted octanol–water partition coefficient (Wildman–Crippen LogP) is 3.21. The van der Waals surface area contributed by atoms with Gasteiger partial charge in [-0.05, 0) is 48.7 Å². The Balaban J connectivity index is 1.56. The van der Waals surface area contributed by atoms with Crippen molar-refractivity contribution in [1.82, 2.24) is 19.9 Å². The summed E-state index contributed by atoms with van der Waals surface area (Å²) in [5.41, 5.74) is 3.41. The van der Waals surface area contributed by atoms with Crippen molar-refractivity contribution in [2.45, 2.75) is 13.2 Å². The predicted molar refractivity (Wildman–Crippen MR) is 150 cm³/mol. The van der Waals surface area contributed by atoms with Gasteiger partial charge in [-0.1, -0.05) is 35.2 Å². The third-order valence-corrected chi connectivity index (χ3v) is 6.79. The first-order valence-electron chi connectivity index (χ1n) is 11.9. The summed E-state index contributed by atoms with van der Waals surface area (Å²) in [5, 5.41) is 25.9. The van der Waals surface area contributed by atoms with Crippen LogP contribution >= 0.6 is 23.2 Å². The van der Waals surface area contributed by atoms with Gasteiger partial charge in [-0.2, -0.15) is 0 Å². The van der Waals surface area contributed by atoms with Crippen LogP contribution in [0.2, 0.25) is 10.0 Å². The van der Waals surface area contributed by atoms with Crippen LogP contribution in [-0.4, -0.2) is 57.2 Å². The number of aromatic nitrogens is 3. The Kier molecular flexibility index (Phi) is 7.51. The molecule has 0 saturated carbocycles. The van der Waals surface area contributed by atoms with Crippen molar-refractivity contribution in [2.24, 2.45) is 0 Å². The van der Waals surface area contributed by atoms with E-state index in [-0.39, 0.29) is 38.1 Å². The first-order valence-corrected chi connectivity index (χ1v) is 12.7. The van der Waals surface area contributed by atoms with Crippen LogP contribution in [0.15, 0.2) is 53.6 Å². The minimum Gasteiger partial charge on any atom is -0.369 e. The number of anilines is 3. The Morgan fingerprint density at radius 1 is 1.13 bits per heavy atom. The third kappa shape index (κ3) is 5.31. The molecule has 9 nitrogen and oxygen atoms in total. The lowest BCUT2D eigenvalue weighted by Crippen LogP contribution is -2.43. The highest BCUT2D eigenvalue weighted by atomic mass is 35.5. The molecule has 0 unspecified atom stereocenters. The lowest BCUT2D eigenvalue weighted by atomic mass is 10.1. The molecule has 0 radical (unpaired) electrons. The monoisotopic (exact) mass is 550 g/mol. The Labute approximate surface area is 228 Å². The molecule has 1 aliphatic heterocycles. The topological polar surface area (TPSA) is 116 Å². The summed E-state index contributed by atoms with van der Waals surface area (Å²) < 4.78 is 1.26. The van der Waals surface area contributed by atoms with E-state index in [4.69, 9.17) is 23.2 Å². The van der Waals surface area contributed by atoms with E-state index >= 15 is 0 Å². The fraction of sp³-hybridized carbons (Fsp3) is 0.222. The summed E-state index contributed by atoms with van der Waals surface area (Å²) in [6.07, 6.45) is 0.957. The number of aryl methyl sites for hydroxylation is 1. The number of halogens is 2. The minimum atomic E-state index is -1.87. The SMILES string of the molecule is Cc1cc(Nc2ncc3c(=O)n(-c4c(Cl)cccc4Cl)cc(C#CC(O)O)c3n2)ccc1N1CCNCC1. The van der Waals surface area contributed by atoms with Gasteiger partial charge in [-0.25, -0.2) is 9.97 Å². The van der Waals surface area contributed by atoms with Crippen LogP contribution in [0.4, 0.5) is 17.3 Å². The van der Waals surface area contributed by atoms with Crippen LogP contribution < -0.4 is 21.1 Å². The lowest BCUT2D eigenvalue weighted by molar-refractivity contribution is 0.0108. The van der Waals surface area contributed by atoms with Gasteiger partial charge >= 0.3 is 0 Å². The largest absolute Gasteiger partial charge is 0.369 e. The summed E-state index contributed by atoms with van der Waals surface area (Å²) >= 11 is 12.7. The first-order chi connectivity index (χ1) is 18.3. The molecule has 0 spiro atoms. The van der Waals surface area contributed by atoms with Crippen molar-refractivity contribution in [3.8, 4) is 17.5 Å². The molecule has 0 aliphatic carbocycles. The van der Waals surface area contributed by atoms with E-state index in [2.05, 4.69) is 50.3 Å². The summed E-state index contributed by atoms with van der Waals surface area (Å²) in [4.78, 5) is 24.7. The van der Waals surface area contributed by atoms with Gasteiger partial charge in [-0.3, -0.25) is 9.36 Å². The van der Waals surface area contributed by atoms with Crippen LogP contribution in [0.3, 0.4) is 0 Å². The fourth-order valence-corrected chi connectivity index (χ4v) is 5.00. The van der Waals surface area contributed by atoms with E-state index < -0.39 is 11.8 Å². The second-order valence-corrected chi connectivity index (χ2v) is 9.56. The van der Waals surface area contributed by atoms with E-state index in [0.29, 0.717) is 0 Å². The van der Waals surface area contributed by atoms with Gasteiger partial charge in [0.2, 0.25) is 12.2 Å². The molecule has 0 bridgehead atoms. The van der Waals surface area contributed by atoms with Gasteiger partial charge in [0.1, 0.15) is 0 Å². The normalized spacial score (nSPS) is 13.5. The smallest absolute Gasteiger partial charge is 0.266 e. The highest BCUT2D eigenvalue weighted by Gasteiger charge is 2.17.